The normalized spacial score (nSPS) is 24.8. The molecule has 404 valence electrons. The van der Waals surface area contributed by atoms with Gasteiger partial charge in [0, 0.05) is 64.8 Å². The Hall–Kier alpha value is -5.04. The van der Waals surface area contributed by atoms with E-state index >= 15 is 0 Å². The SMILES string of the molecule is C.CC(C)(C)CC1NC(C(=O)NCCC(=O)CO)C(c2cccc(Cl)c2)C12C(=O)Nc1cc(Cl)c(F)cc12.CC(C)(C)CC1NC(C(=O)NCCC(O)C=O)C(c2cccc(Cl)c2)C12C(=O)Nc1cc(Cl)c(F)cc12. The summed E-state index contributed by atoms with van der Waals surface area (Å²) in [6.45, 7) is 11.7. The molecule has 0 bridgehead atoms. The van der Waals surface area contributed by atoms with Crippen LogP contribution in [0, 0.1) is 22.5 Å². The van der Waals surface area contributed by atoms with Crippen LogP contribution >= 0.6 is 46.4 Å². The van der Waals surface area contributed by atoms with Gasteiger partial charge in [0.15, 0.2) is 5.78 Å². The highest BCUT2D eigenvalue weighted by Crippen LogP contribution is 2.59. The summed E-state index contributed by atoms with van der Waals surface area (Å²) in [5.74, 6) is -4.77. The number of ketones is 1. The second kappa shape index (κ2) is 23.3. The fourth-order valence-electron chi connectivity index (χ4n) is 11.3. The quantitative estimate of drug-likeness (QED) is 0.0564. The molecule has 9 unspecified atom stereocenters. The molecule has 2 fully saturated rings. The zero-order valence-electron chi connectivity index (χ0n) is 41.6. The molecule has 4 aliphatic rings. The minimum atomic E-state index is -1.35. The minimum Gasteiger partial charge on any atom is -0.389 e. The third-order valence-corrected chi connectivity index (χ3v) is 15.2. The lowest BCUT2D eigenvalue weighted by Gasteiger charge is -2.37. The Kier molecular flexibility index (Phi) is 18.4. The van der Waals surface area contributed by atoms with Crippen LogP contribution in [-0.4, -0.2) is 95.9 Å². The number of hydrogen-bond donors (Lipinski definition) is 8. The lowest BCUT2D eigenvalue weighted by atomic mass is 9.62. The van der Waals surface area contributed by atoms with Crippen LogP contribution in [0.15, 0.2) is 72.8 Å². The number of carbonyl (C=O) groups excluding carboxylic acids is 6. The van der Waals surface area contributed by atoms with Gasteiger partial charge in [0.05, 0.1) is 22.1 Å². The first-order valence-corrected chi connectivity index (χ1v) is 25.7. The number of aliphatic hydroxyl groups is 2. The van der Waals surface area contributed by atoms with Crippen molar-refractivity contribution in [2.45, 2.75) is 128 Å². The van der Waals surface area contributed by atoms with Crippen molar-refractivity contribution in [2.24, 2.45) is 10.8 Å². The fraction of sp³-hybridized carbons (Fsp3) is 0.455. The Balaban J connectivity index is 0.000000241. The van der Waals surface area contributed by atoms with Crippen molar-refractivity contribution >= 4 is 93.5 Å². The first-order valence-electron chi connectivity index (χ1n) is 24.2. The largest absolute Gasteiger partial charge is 0.389 e. The molecule has 4 heterocycles. The van der Waals surface area contributed by atoms with Gasteiger partial charge in [-0.3, -0.25) is 24.0 Å². The Bertz CT molecular complexity index is 2860. The van der Waals surface area contributed by atoms with Gasteiger partial charge in [-0.2, -0.15) is 0 Å². The van der Waals surface area contributed by atoms with Crippen LogP contribution < -0.4 is 31.9 Å². The van der Waals surface area contributed by atoms with Crippen molar-refractivity contribution in [1.82, 2.24) is 21.3 Å². The number of benzene rings is 4. The van der Waals surface area contributed by atoms with Crippen molar-refractivity contribution in [3.05, 3.63) is 127 Å². The second-order valence-corrected chi connectivity index (χ2v) is 23.5. The van der Waals surface area contributed by atoms with Crippen molar-refractivity contribution in [2.75, 3.05) is 30.3 Å². The van der Waals surface area contributed by atoms with Crippen LogP contribution in [0.4, 0.5) is 20.2 Å². The van der Waals surface area contributed by atoms with Crippen LogP contribution in [-0.2, 0) is 39.6 Å². The molecular formula is C55H64Cl4F2N6O8. The highest BCUT2D eigenvalue weighted by atomic mass is 35.5. The predicted molar refractivity (Wildman–Crippen MR) is 288 cm³/mol. The molecule has 20 heteroatoms. The molecule has 8 rings (SSSR count). The number of carbonyl (C=O) groups is 6. The van der Waals surface area contributed by atoms with E-state index in [-0.39, 0.29) is 66.0 Å². The maximum atomic E-state index is 14.9. The van der Waals surface area contributed by atoms with Crippen LogP contribution in [0.3, 0.4) is 0 Å². The van der Waals surface area contributed by atoms with E-state index in [0.29, 0.717) is 62.8 Å². The Morgan fingerprint density at radius 3 is 1.48 bits per heavy atom. The zero-order valence-corrected chi connectivity index (χ0v) is 44.6. The van der Waals surface area contributed by atoms with Crippen LogP contribution in [0.25, 0.3) is 0 Å². The van der Waals surface area contributed by atoms with Crippen LogP contribution in [0.1, 0.15) is 109 Å². The van der Waals surface area contributed by atoms with E-state index in [1.807, 2.05) is 41.5 Å². The topological polar surface area (TPSA) is 215 Å². The third kappa shape index (κ3) is 11.9. The smallest absolute Gasteiger partial charge is 0.237 e. The molecule has 0 aromatic heterocycles. The number of anilines is 2. The molecule has 4 aliphatic heterocycles. The van der Waals surface area contributed by atoms with Gasteiger partial charge < -0.3 is 46.9 Å². The van der Waals surface area contributed by atoms with Crippen molar-refractivity contribution in [3.8, 4) is 0 Å². The second-order valence-electron chi connectivity index (χ2n) is 21.8. The lowest BCUT2D eigenvalue weighted by Crippen LogP contribution is -2.49. The number of aldehydes is 1. The molecule has 4 aromatic rings. The molecular weight excluding hydrogens is 1050 g/mol. The van der Waals surface area contributed by atoms with E-state index in [4.69, 9.17) is 51.5 Å². The maximum absolute atomic E-state index is 14.9. The van der Waals surface area contributed by atoms with E-state index < -0.39 is 88.8 Å². The molecule has 9 atom stereocenters. The van der Waals surface area contributed by atoms with Gasteiger partial charge in [-0.1, -0.05) is 120 Å². The molecule has 8 N–H and O–H groups in total. The number of hydrogen-bond acceptors (Lipinski definition) is 10. The molecule has 14 nitrogen and oxygen atoms in total. The van der Waals surface area contributed by atoms with Gasteiger partial charge in [-0.25, -0.2) is 8.78 Å². The summed E-state index contributed by atoms with van der Waals surface area (Å²) in [7, 11) is 0. The summed E-state index contributed by atoms with van der Waals surface area (Å²) in [4.78, 5) is 77.5. The van der Waals surface area contributed by atoms with E-state index in [1.165, 1.54) is 24.3 Å². The number of nitrogens with one attached hydrogen (secondary N) is 6. The lowest BCUT2D eigenvalue weighted by molar-refractivity contribution is -0.125. The molecule has 4 amide bonds. The number of rotatable bonds is 14. The molecule has 75 heavy (non-hydrogen) atoms. The Morgan fingerprint density at radius 1 is 0.693 bits per heavy atom. The van der Waals surface area contributed by atoms with Gasteiger partial charge in [-0.15, -0.1) is 0 Å². The Morgan fingerprint density at radius 2 is 1.11 bits per heavy atom. The van der Waals surface area contributed by atoms with Crippen molar-refractivity contribution in [3.63, 3.8) is 0 Å². The highest BCUT2D eigenvalue weighted by Gasteiger charge is 2.67. The first kappa shape index (κ1) is 59.2. The van der Waals surface area contributed by atoms with Crippen molar-refractivity contribution < 1.29 is 47.8 Å². The van der Waals surface area contributed by atoms with Gasteiger partial charge in [0.2, 0.25) is 23.6 Å². The summed E-state index contributed by atoms with van der Waals surface area (Å²) in [6.07, 6.45) is 0.222. The van der Waals surface area contributed by atoms with Gasteiger partial charge >= 0.3 is 0 Å². The van der Waals surface area contributed by atoms with E-state index in [9.17, 15) is 42.7 Å². The molecule has 4 aromatic carbocycles. The Labute approximate surface area is 455 Å². The third-order valence-electron chi connectivity index (χ3n) is 14.2. The maximum Gasteiger partial charge on any atom is 0.237 e. The number of halogens is 6. The highest BCUT2D eigenvalue weighted by molar-refractivity contribution is 6.32. The first-order chi connectivity index (χ1) is 34.8. The van der Waals surface area contributed by atoms with Crippen LogP contribution in [0.2, 0.25) is 20.1 Å². The van der Waals surface area contributed by atoms with Gasteiger partial charge in [0.25, 0.3) is 0 Å². The number of aliphatic hydroxyl groups excluding tert-OH is 2. The van der Waals surface area contributed by atoms with Gasteiger partial charge in [0.1, 0.15) is 41.5 Å². The summed E-state index contributed by atoms with van der Waals surface area (Å²) in [5, 5.41) is 37.3. The van der Waals surface area contributed by atoms with E-state index in [2.05, 4.69) is 31.9 Å². The minimum absolute atomic E-state index is 0. The molecule has 2 spiro atoms. The number of amides is 4. The van der Waals surface area contributed by atoms with E-state index in [0.717, 1.165) is 0 Å². The average Bonchev–Trinajstić information content (AvgIpc) is 4.00. The number of fused-ring (bicyclic) bond motifs is 4. The summed E-state index contributed by atoms with van der Waals surface area (Å²) in [6, 6.07) is 16.4. The summed E-state index contributed by atoms with van der Waals surface area (Å²) >= 11 is 24.8. The molecule has 0 radical (unpaired) electrons. The standard InChI is InChI=1S/2C27H30Cl2FN3O4.CH4/c2*1-26(2,3)12-21-27(17-10-19(30)18(29)11-20(17)32-25(27)37)22(14-5-4-6-15(28)9-14)23(33-21)24(36)31-8-7-16(35)13-34;/h4-6,9-11,21-23,33-34H,7-8,12-13H2,1-3H3,(H,31,36)(H,32,37);4-6,9-11,13,16,21-23,33,35H,7-8,12H2,1-3H3,(H,31,36)(H,32,37);1H4. The monoisotopic (exact) mass is 1110 g/mol. The summed E-state index contributed by atoms with van der Waals surface area (Å²) in [5.41, 5.74) is -0.255. The molecule has 0 saturated carbocycles. The van der Waals surface area contributed by atoms with Gasteiger partial charge in [-0.05, 0) is 101 Å². The molecule has 2 saturated heterocycles. The van der Waals surface area contributed by atoms with E-state index in [1.54, 1.807) is 48.5 Å². The predicted octanol–water partition coefficient (Wildman–Crippen LogP) is 8.54. The average molecular weight is 1120 g/mol. The summed E-state index contributed by atoms with van der Waals surface area (Å²) < 4.78 is 29.8. The molecule has 0 aliphatic carbocycles. The van der Waals surface area contributed by atoms with Crippen LogP contribution in [0.5, 0.6) is 0 Å². The number of Topliss-reactive ketones (excluding diaryl/α,β-unsaturated/α-hetero) is 1. The fourth-order valence-corrected chi connectivity index (χ4v) is 12.0. The van der Waals surface area contributed by atoms with Crippen molar-refractivity contribution in [1.29, 1.82) is 0 Å². The zero-order chi connectivity index (χ0) is 54.2.